The lowest BCUT2D eigenvalue weighted by Crippen LogP contribution is -2.47. The van der Waals surface area contributed by atoms with Crippen molar-refractivity contribution in [2.24, 2.45) is 5.92 Å². The van der Waals surface area contributed by atoms with E-state index in [4.69, 9.17) is 0 Å². The fourth-order valence-electron chi connectivity index (χ4n) is 4.24. The molecule has 1 fully saturated rings. The number of thiophene rings is 1. The number of hydrogen-bond donors (Lipinski definition) is 1. The second kappa shape index (κ2) is 9.18. The predicted molar refractivity (Wildman–Crippen MR) is 119 cm³/mol. The van der Waals surface area contributed by atoms with E-state index in [1.807, 2.05) is 24.0 Å². The standard InChI is InChI=1S/C22H29N3O3S2/c1-17-4-6-20(7-5-17)30(27,28)23-13-18-3-2-10-24(14-18)16-22(26)25-11-8-21-19(15-25)9-12-29-21/h4-7,9,12,18,23H,2-3,8,10-11,13-16H2,1H3. The molecule has 1 N–H and O–H groups in total. The van der Waals surface area contributed by atoms with Crippen LogP contribution in [0, 0.1) is 12.8 Å². The maximum Gasteiger partial charge on any atom is 0.240 e. The van der Waals surface area contributed by atoms with Gasteiger partial charge in [0.2, 0.25) is 15.9 Å². The molecule has 1 saturated heterocycles. The molecule has 1 amide bonds. The Bertz CT molecular complexity index is 985. The quantitative estimate of drug-likeness (QED) is 0.739. The Labute approximate surface area is 182 Å². The topological polar surface area (TPSA) is 69.7 Å². The molecule has 1 aromatic heterocycles. The van der Waals surface area contributed by atoms with Gasteiger partial charge in [-0.15, -0.1) is 11.3 Å². The van der Waals surface area contributed by atoms with Crippen molar-refractivity contribution in [2.45, 2.75) is 37.6 Å². The van der Waals surface area contributed by atoms with Crippen LogP contribution in [0.1, 0.15) is 28.8 Å². The highest BCUT2D eigenvalue weighted by Gasteiger charge is 2.27. The zero-order chi connectivity index (χ0) is 21.1. The molecule has 0 saturated carbocycles. The van der Waals surface area contributed by atoms with E-state index in [1.165, 1.54) is 10.4 Å². The number of rotatable bonds is 6. The Kier molecular flexibility index (Phi) is 6.57. The van der Waals surface area contributed by atoms with Crippen molar-refractivity contribution in [1.82, 2.24) is 14.5 Å². The smallest absolute Gasteiger partial charge is 0.240 e. The van der Waals surface area contributed by atoms with Crippen LogP contribution in [0.2, 0.25) is 0 Å². The summed E-state index contributed by atoms with van der Waals surface area (Å²) >= 11 is 1.78. The molecule has 8 heteroatoms. The van der Waals surface area contributed by atoms with Crippen molar-refractivity contribution >= 4 is 27.3 Å². The molecular formula is C22H29N3O3S2. The summed E-state index contributed by atoms with van der Waals surface area (Å²) in [7, 11) is -3.50. The van der Waals surface area contributed by atoms with Crippen LogP contribution >= 0.6 is 11.3 Å². The lowest BCUT2D eigenvalue weighted by molar-refractivity contribution is -0.133. The first-order chi connectivity index (χ1) is 14.4. The summed E-state index contributed by atoms with van der Waals surface area (Å²) < 4.78 is 27.9. The summed E-state index contributed by atoms with van der Waals surface area (Å²) in [5, 5.41) is 2.10. The minimum Gasteiger partial charge on any atom is -0.337 e. The minimum atomic E-state index is -3.50. The van der Waals surface area contributed by atoms with E-state index in [0.717, 1.165) is 44.5 Å². The normalized spacial score (nSPS) is 20.2. The number of carbonyl (C=O) groups is 1. The summed E-state index contributed by atoms with van der Waals surface area (Å²) in [6.45, 7) is 5.91. The first-order valence-electron chi connectivity index (χ1n) is 10.5. The first kappa shape index (κ1) is 21.5. The van der Waals surface area contributed by atoms with E-state index < -0.39 is 10.0 Å². The van der Waals surface area contributed by atoms with E-state index in [1.54, 1.807) is 23.5 Å². The molecule has 4 rings (SSSR count). The highest BCUT2D eigenvalue weighted by molar-refractivity contribution is 7.89. The van der Waals surface area contributed by atoms with Crippen molar-refractivity contribution in [3.8, 4) is 0 Å². The number of hydrogen-bond acceptors (Lipinski definition) is 5. The van der Waals surface area contributed by atoms with Crippen LogP contribution in [0.5, 0.6) is 0 Å². The molecule has 3 heterocycles. The molecular weight excluding hydrogens is 418 g/mol. The van der Waals surface area contributed by atoms with Crippen LogP contribution in [0.25, 0.3) is 0 Å². The fourth-order valence-corrected chi connectivity index (χ4v) is 6.25. The van der Waals surface area contributed by atoms with Gasteiger partial charge in [-0.25, -0.2) is 13.1 Å². The number of piperidine rings is 1. The number of fused-ring (bicyclic) bond motifs is 1. The minimum absolute atomic E-state index is 0.174. The van der Waals surface area contributed by atoms with Crippen LogP contribution in [-0.4, -0.2) is 56.8 Å². The molecule has 0 radical (unpaired) electrons. The maximum absolute atomic E-state index is 12.8. The Morgan fingerprint density at radius 3 is 2.80 bits per heavy atom. The lowest BCUT2D eigenvalue weighted by Gasteiger charge is -2.34. The Balaban J connectivity index is 1.28. The second-order valence-electron chi connectivity index (χ2n) is 8.34. The lowest BCUT2D eigenvalue weighted by atomic mass is 9.98. The van der Waals surface area contributed by atoms with Crippen LogP contribution in [-0.2, 0) is 27.8 Å². The molecule has 2 aliphatic heterocycles. The van der Waals surface area contributed by atoms with E-state index in [0.29, 0.717) is 24.5 Å². The van der Waals surface area contributed by atoms with Gasteiger partial charge in [0, 0.05) is 31.1 Å². The SMILES string of the molecule is Cc1ccc(S(=O)(=O)NCC2CCCN(CC(=O)N3CCc4sccc4C3)C2)cc1. The summed E-state index contributed by atoms with van der Waals surface area (Å²) in [5.74, 6) is 0.393. The monoisotopic (exact) mass is 447 g/mol. The number of nitrogens with zero attached hydrogens (tertiary/aromatic N) is 2. The predicted octanol–water partition coefficient (Wildman–Crippen LogP) is 2.63. The van der Waals surface area contributed by atoms with Crippen LogP contribution in [0.15, 0.2) is 40.6 Å². The molecule has 1 aromatic carbocycles. The van der Waals surface area contributed by atoms with Gasteiger partial charge in [-0.05, 0) is 67.8 Å². The molecule has 30 heavy (non-hydrogen) atoms. The van der Waals surface area contributed by atoms with E-state index in [-0.39, 0.29) is 11.8 Å². The number of likely N-dealkylation sites (tertiary alicyclic amines) is 1. The van der Waals surface area contributed by atoms with Gasteiger partial charge >= 0.3 is 0 Å². The second-order valence-corrected chi connectivity index (χ2v) is 11.1. The third-order valence-electron chi connectivity index (χ3n) is 6.02. The van der Waals surface area contributed by atoms with Crippen LogP contribution in [0.3, 0.4) is 0 Å². The highest BCUT2D eigenvalue weighted by Crippen LogP contribution is 2.24. The summed E-state index contributed by atoms with van der Waals surface area (Å²) in [6, 6.07) is 9.02. The molecule has 1 atom stereocenters. The third kappa shape index (κ3) is 5.11. The van der Waals surface area contributed by atoms with Crippen molar-refractivity contribution < 1.29 is 13.2 Å². The van der Waals surface area contributed by atoms with Gasteiger partial charge < -0.3 is 4.90 Å². The van der Waals surface area contributed by atoms with Crippen molar-refractivity contribution in [2.75, 3.05) is 32.7 Å². The summed E-state index contributed by atoms with van der Waals surface area (Å²) in [6.07, 6.45) is 2.91. The zero-order valence-corrected chi connectivity index (χ0v) is 19.0. The Hall–Kier alpha value is -1.74. The summed E-state index contributed by atoms with van der Waals surface area (Å²) in [5.41, 5.74) is 2.31. The van der Waals surface area contributed by atoms with Crippen molar-refractivity contribution in [3.63, 3.8) is 0 Å². The number of nitrogens with one attached hydrogen (secondary N) is 1. The van der Waals surface area contributed by atoms with Gasteiger partial charge in [0.1, 0.15) is 0 Å². The molecule has 6 nitrogen and oxygen atoms in total. The third-order valence-corrected chi connectivity index (χ3v) is 8.48. The molecule has 0 spiro atoms. The average molecular weight is 448 g/mol. The van der Waals surface area contributed by atoms with Gasteiger partial charge in [0.15, 0.2) is 0 Å². The molecule has 2 aromatic rings. The zero-order valence-electron chi connectivity index (χ0n) is 17.3. The maximum atomic E-state index is 12.8. The summed E-state index contributed by atoms with van der Waals surface area (Å²) in [4.78, 5) is 18.6. The van der Waals surface area contributed by atoms with Crippen LogP contribution < -0.4 is 4.72 Å². The van der Waals surface area contributed by atoms with Gasteiger partial charge in [0.25, 0.3) is 0 Å². The number of carbonyl (C=O) groups excluding carboxylic acids is 1. The van der Waals surface area contributed by atoms with Gasteiger partial charge in [0.05, 0.1) is 11.4 Å². The number of benzene rings is 1. The van der Waals surface area contributed by atoms with Gasteiger partial charge in [-0.1, -0.05) is 17.7 Å². The van der Waals surface area contributed by atoms with Gasteiger partial charge in [-0.3, -0.25) is 9.69 Å². The van der Waals surface area contributed by atoms with Gasteiger partial charge in [-0.2, -0.15) is 0 Å². The largest absolute Gasteiger partial charge is 0.337 e. The molecule has 1 unspecified atom stereocenters. The number of aryl methyl sites for hydroxylation is 1. The van der Waals surface area contributed by atoms with Crippen LogP contribution in [0.4, 0.5) is 0 Å². The number of sulfonamides is 1. The first-order valence-corrected chi connectivity index (χ1v) is 12.9. The average Bonchev–Trinajstić information content (AvgIpc) is 3.21. The van der Waals surface area contributed by atoms with E-state index in [9.17, 15) is 13.2 Å². The Morgan fingerprint density at radius 2 is 2.00 bits per heavy atom. The number of amides is 1. The fraction of sp³-hybridized carbons (Fsp3) is 0.500. The molecule has 0 aliphatic carbocycles. The molecule has 0 bridgehead atoms. The Morgan fingerprint density at radius 1 is 1.20 bits per heavy atom. The van der Waals surface area contributed by atoms with Crippen molar-refractivity contribution in [1.29, 1.82) is 0 Å². The molecule has 162 valence electrons. The van der Waals surface area contributed by atoms with E-state index >= 15 is 0 Å². The van der Waals surface area contributed by atoms with Crippen molar-refractivity contribution in [3.05, 3.63) is 51.7 Å². The molecule has 2 aliphatic rings. The van der Waals surface area contributed by atoms with E-state index in [2.05, 4.69) is 21.1 Å². The highest BCUT2D eigenvalue weighted by atomic mass is 32.2.